The van der Waals surface area contributed by atoms with Gasteiger partial charge in [-0.3, -0.25) is 0 Å². The van der Waals surface area contributed by atoms with Crippen LogP contribution in [-0.4, -0.2) is 28.2 Å². The number of urea groups is 1. The Bertz CT molecular complexity index is 437. The number of rotatable bonds is 6. The lowest BCUT2D eigenvalue weighted by Gasteiger charge is -2.28. The predicted octanol–water partition coefficient (Wildman–Crippen LogP) is 2.85. The number of hydrogen-bond donors (Lipinski definition) is 2. The van der Waals surface area contributed by atoms with Gasteiger partial charge in [-0.15, -0.1) is 0 Å². The number of imidazole rings is 1. The van der Waals surface area contributed by atoms with Gasteiger partial charge in [0.15, 0.2) is 0 Å². The maximum atomic E-state index is 11.9. The van der Waals surface area contributed by atoms with Crippen LogP contribution in [0.3, 0.4) is 0 Å². The van der Waals surface area contributed by atoms with Crippen LogP contribution in [0.1, 0.15) is 51.3 Å². The summed E-state index contributed by atoms with van der Waals surface area (Å²) in [6.07, 6.45) is 11.2. The van der Waals surface area contributed by atoms with E-state index in [1.54, 1.807) is 6.20 Å². The van der Waals surface area contributed by atoms with Crippen LogP contribution >= 0.6 is 0 Å². The van der Waals surface area contributed by atoms with E-state index in [1.165, 1.54) is 32.1 Å². The van der Waals surface area contributed by atoms with E-state index in [0.29, 0.717) is 12.5 Å². The zero-order valence-electron chi connectivity index (χ0n) is 13.3. The molecule has 21 heavy (non-hydrogen) atoms. The Kier molecular flexibility index (Phi) is 6.08. The molecule has 1 heterocycles. The number of nitrogens with one attached hydrogen (secondary N) is 2. The van der Waals surface area contributed by atoms with Gasteiger partial charge in [-0.25, -0.2) is 9.78 Å². The Hall–Kier alpha value is -1.52. The summed E-state index contributed by atoms with van der Waals surface area (Å²) in [5, 5.41) is 6.04. The van der Waals surface area contributed by atoms with Crippen LogP contribution in [0.2, 0.25) is 0 Å². The number of carbonyl (C=O) groups excluding carboxylic acids is 1. The highest BCUT2D eigenvalue weighted by molar-refractivity contribution is 5.74. The number of carbonyl (C=O) groups is 1. The van der Waals surface area contributed by atoms with E-state index in [1.807, 2.05) is 13.1 Å². The molecule has 2 amide bonds. The van der Waals surface area contributed by atoms with Gasteiger partial charge >= 0.3 is 6.03 Å². The minimum Gasteiger partial charge on any atom is -0.338 e. The van der Waals surface area contributed by atoms with E-state index in [-0.39, 0.29) is 12.1 Å². The third-order valence-electron chi connectivity index (χ3n) is 4.50. The third-order valence-corrected chi connectivity index (χ3v) is 4.50. The Morgan fingerprint density at radius 3 is 2.86 bits per heavy atom. The number of hydrogen-bond acceptors (Lipinski definition) is 2. The fraction of sp³-hybridized carbons (Fsp3) is 0.750. The van der Waals surface area contributed by atoms with Gasteiger partial charge in [0.25, 0.3) is 0 Å². The molecule has 1 aromatic rings. The van der Waals surface area contributed by atoms with Gasteiger partial charge in [0.05, 0.1) is 0 Å². The van der Waals surface area contributed by atoms with Crippen LogP contribution in [-0.2, 0) is 6.54 Å². The summed E-state index contributed by atoms with van der Waals surface area (Å²) in [7, 11) is 0. The highest BCUT2D eigenvalue weighted by atomic mass is 16.2. The minimum absolute atomic E-state index is 0.0320. The summed E-state index contributed by atoms with van der Waals surface area (Å²) in [5.41, 5.74) is 0. The average Bonchev–Trinajstić information content (AvgIpc) is 2.90. The SMILES string of the molecule is Cc1nccn1CCCNC(=O)N[C@@H](C)C1CCCCC1. The van der Waals surface area contributed by atoms with Gasteiger partial charge in [0, 0.05) is 31.5 Å². The maximum absolute atomic E-state index is 11.9. The molecule has 1 atom stereocenters. The van der Waals surface area contributed by atoms with Crippen molar-refractivity contribution in [3.8, 4) is 0 Å². The molecule has 1 aliphatic carbocycles. The predicted molar refractivity (Wildman–Crippen MR) is 84.2 cm³/mol. The standard InChI is InChI=1S/C16H28N4O/c1-13(15-7-4-3-5-8-15)19-16(21)18-9-6-11-20-12-10-17-14(20)2/h10,12-13,15H,3-9,11H2,1-2H3,(H2,18,19,21)/t13-/m0/s1. The molecule has 0 spiro atoms. The van der Waals surface area contributed by atoms with Crippen molar-refractivity contribution in [1.29, 1.82) is 0 Å². The van der Waals surface area contributed by atoms with Crippen molar-refractivity contribution in [3.63, 3.8) is 0 Å². The first-order valence-electron chi connectivity index (χ1n) is 8.19. The Morgan fingerprint density at radius 2 is 2.19 bits per heavy atom. The summed E-state index contributed by atoms with van der Waals surface area (Å²) in [6.45, 7) is 5.71. The Labute approximate surface area is 127 Å². The molecule has 0 saturated heterocycles. The summed E-state index contributed by atoms with van der Waals surface area (Å²) < 4.78 is 2.10. The average molecular weight is 292 g/mol. The van der Waals surface area contributed by atoms with Crippen molar-refractivity contribution in [1.82, 2.24) is 20.2 Å². The molecule has 118 valence electrons. The number of aryl methyl sites for hydroxylation is 2. The van der Waals surface area contributed by atoms with Crippen molar-refractivity contribution in [2.45, 2.75) is 65.0 Å². The molecular weight excluding hydrogens is 264 g/mol. The topological polar surface area (TPSA) is 59.0 Å². The molecule has 1 aliphatic rings. The van der Waals surface area contributed by atoms with Gasteiger partial charge in [0.1, 0.15) is 5.82 Å². The summed E-state index contributed by atoms with van der Waals surface area (Å²) >= 11 is 0. The van der Waals surface area contributed by atoms with Crippen molar-refractivity contribution in [3.05, 3.63) is 18.2 Å². The smallest absolute Gasteiger partial charge is 0.315 e. The van der Waals surface area contributed by atoms with Crippen molar-refractivity contribution >= 4 is 6.03 Å². The summed E-state index contributed by atoms with van der Waals surface area (Å²) in [5.74, 6) is 1.67. The Balaban J connectivity index is 1.59. The molecule has 1 fully saturated rings. The largest absolute Gasteiger partial charge is 0.338 e. The molecule has 0 unspecified atom stereocenters. The monoisotopic (exact) mass is 292 g/mol. The van der Waals surface area contributed by atoms with E-state index in [0.717, 1.165) is 18.8 Å². The molecule has 1 saturated carbocycles. The second-order valence-electron chi connectivity index (χ2n) is 6.11. The lowest BCUT2D eigenvalue weighted by atomic mass is 9.85. The highest BCUT2D eigenvalue weighted by Gasteiger charge is 2.21. The maximum Gasteiger partial charge on any atom is 0.315 e. The van der Waals surface area contributed by atoms with Crippen molar-refractivity contribution < 1.29 is 4.79 Å². The van der Waals surface area contributed by atoms with E-state index in [4.69, 9.17) is 0 Å². The van der Waals surface area contributed by atoms with Crippen LogP contribution < -0.4 is 10.6 Å². The fourth-order valence-corrected chi connectivity index (χ4v) is 3.10. The molecule has 1 aromatic heterocycles. The van der Waals surface area contributed by atoms with E-state index in [9.17, 15) is 4.79 Å². The van der Waals surface area contributed by atoms with Crippen LogP contribution in [0.15, 0.2) is 12.4 Å². The van der Waals surface area contributed by atoms with Crippen molar-refractivity contribution in [2.24, 2.45) is 5.92 Å². The molecule has 2 rings (SSSR count). The van der Waals surface area contributed by atoms with Gasteiger partial charge in [-0.1, -0.05) is 19.3 Å². The third kappa shape index (κ3) is 5.06. The lowest BCUT2D eigenvalue weighted by Crippen LogP contribution is -2.44. The minimum atomic E-state index is -0.0320. The molecule has 0 radical (unpaired) electrons. The second kappa shape index (κ2) is 8.05. The number of amides is 2. The highest BCUT2D eigenvalue weighted by Crippen LogP contribution is 2.26. The first-order valence-corrected chi connectivity index (χ1v) is 8.19. The van der Waals surface area contributed by atoms with E-state index in [2.05, 4.69) is 27.1 Å². The number of nitrogens with zero attached hydrogens (tertiary/aromatic N) is 2. The molecular formula is C16H28N4O. The van der Waals surface area contributed by atoms with Crippen LogP contribution in [0.4, 0.5) is 4.79 Å². The summed E-state index contributed by atoms with van der Waals surface area (Å²) in [4.78, 5) is 16.1. The fourth-order valence-electron chi connectivity index (χ4n) is 3.10. The van der Waals surface area contributed by atoms with Crippen LogP contribution in [0, 0.1) is 12.8 Å². The van der Waals surface area contributed by atoms with Crippen LogP contribution in [0.5, 0.6) is 0 Å². The van der Waals surface area contributed by atoms with Crippen LogP contribution in [0.25, 0.3) is 0 Å². The quantitative estimate of drug-likeness (QED) is 0.792. The zero-order chi connectivity index (χ0) is 15.1. The second-order valence-corrected chi connectivity index (χ2v) is 6.11. The lowest BCUT2D eigenvalue weighted by molar-refractivity contribution is 0.224. The molecule has 5 nitrogen and oxygen atoms in total. The normalized spacial score (nSPS) is 17.4. The van der Waals surface area contributed by atoms with Gasteiger partial charge < -0.3 is 15.2 Å². The van der Waals surface area contributed by atoms with Gasteiger partial charge in [-0.05, 0) is 39.0 Å². The van der Waals surface area contributed by atoms with E-state index < -0.39 is 0 Å². The van der Waals surface area contributed by atoms with Gasteiger partial charge in [-0.2, -0.15) is 0 Å². The van der Waals surface area contributed by atoms with Crippen molar-refractivity contribution in [2.75, 3.05) is 6.54 Å². The van der Waals surface area contributed by atoms with Gasteiger partial charge in [0.2, 0.25) is 0 Å². The molecule has 2 N–H and O–H groups in total. The zero-order valence-corrected chi connectivity index (χ0v) is 13.3. The molecule has 5 heteroatoms. The number of aromatic nitrogens is 2. The first-order chi connectivity index (χ1) is 10.2. The molecule has 0 aliphatic heterocycles. The Morgan fingerprint density at radius 1 is 1.43 bits per heavy atom. The molecule has 0 aromatic carbocycles. The molecule has 0 bridgehead atoms. The first kappa shape index (κ1) is 15.9. The summed E-state index contributed by atoms with van der Waals surface area (Å²) in [6, 6.07) is 0.247. The van der Waals surface area contributed by atoms with E-state index >= 15 is 0 Å².